The van der Waals surface area contributed by atoms with Crippen LogP contribution >= 0.6 is 0 Å². The Morgan fingerprint density at radius 2 is 1.69 bits per heavy atom. The molecule has 4 heteroatoms. The van der Waals surface area contributed by atoms with Gasteiger partial charge in [-0.2, -0.15) is 8.42 Å². The third-order valence-corrected chi connectivity index (χ3v) is 4.13. The lowest BCUT2D eigenvalue weighted by atomic mass is 10.1. The van der Waals surface area contributed by atoms with Crippen LogP contribution in [-0.4, -0.2) is 13.0 Å². The van der Waals surface area contributed by atoms with Crippen LogP contribution in [0.5, 0.6) is 0 Å². The number of benzene rings is 1. The Labute approximate surface area is 77.1 Å². The molecule has 1 aromatic rings. The van der Waals surface area contributed by atoms with Gasteiger partial charge in [0.05, 0.1) is 0 Å². The first-order valence-corrected chi connectivity index (χ1v) is 5.53. The largest absolute Gasteiger partial charge is 0.285 e. The van der Waals surface area contributed by atoms with E-state index in [1.165, 1.54) is 0 Å². The predicted octanol–water partition coefficient (Wildman–Crippen LogP) is 1.56. The molecule has 0 aliphatic heterocycles. The summed E-state index contributed by atoms with van der Waals surface area (Å²) in [6.45, 7) is 0. The summed E-state index contributed by atoms with van der Waals surface area (Å²) in [5.74, 6) is 0. The van der Waals surface area contributed by atoms with Gasteiger partial charge >= 0.3 is 0 Å². The Balaban J connectivity index is 2.49. The maximum atomic E-state index is 11.1. The predicted molar refractivity (Wildman–Crippen MR) is 48.9 cm³/mol. The van der Waals surface area contributed by atoms with E-state index in [1.54, 1.807) is 24.3 Å². The molecule has 0 spiro atoms. The van der Waals surface area contributed by atoms with Gasteiger partial charge < -0.3 is 0 Å². The summed E-state index contributed by atoms with van der Waals surface area (Å²) in [6.07, 6.45) is 1.05. The highest BCUT2D eigenvalue weighted by atomic mass is 32.2. The van der Waals surface area contributed by atoms with Crippen molar-refractivity contribution in [1.29, 1.82) is 0 Å². The molecule has 3 nitrogen and oxygen atoms in total. The minimum absolute atomic E-state index is 0.524. The SMILES string of the molecule is O=S(=O)(O)C1(c2ccccc2)CC1. The topological polar surface area (TPSA) is 54.4 Å². The molecule has 1 aliphatic carbocycles. The molecule has 1 N–H and O–H groups in total. The first kappa shape index (κ1) is 8.72. The van der Waals surface area contributed by atoms with Gasteiger partial charge in [-0.25, -0.2) is 0 Å². The van der Waals surface area contributed by atoms with E-state index in [-0.39, 0.29) is 0 Å². The van der Waals surface area contributed by atoms with Crippen LogP contribution in [-0.2, 0) is 14.9 Å². The maximum Gasteiger partial charge on any atom is 0.274 e. The van der Waals surface area contributed by atoms with Gasteiger partial charge in [0.2, 0.25) is 0 Å². The molecule has 0 atom stereocenters. The number of hydrogen-bond donors (Lipinski definition) is 1. The van der Waals surface area contributed by atoms with E-state index in [2.05, 4.69) is 0 Å². The molecule has 0 saturated heterocycles. The van der Waals surface area contributed by atoms with Gasteiger partial charge in [-0.1, -0.05) is 30.3 Å². The summed E-state index contributed by atoms with van der Waals surface area (Å²) < 4.78 is 30.2. The van der Waals surface area contributed by atoms with Crippen molar-refractivity contribution in [3.05, 3.63) is 35.9 Å². The molecule has 1 aromatic carbocycles. The van der Waals surface area contributed by atoms with Crippen molar-refractivity contribution in [2.75, 3.05) is 0 Å². The fraction of sp³-hybridized carbons (Fsp3) is 0.333. The molecule has 13 heavy (non-hydrogen) atoms. The zero-order chi connectivity index (χ0) is 9.53. The van der Waals surface area contributed by atoms with Gasteiger partial charge in [-0.15, -0.1) is 0 Å². The Kier molecular flexibility index (Phi) is 1.72. The van der Waals surface area contributed by atoms with Crippen LogP contribution in [0.4, 0.5) is 0 Å². The molecule has 1 saturated carbocycles. The zero-order valence-corrected chi connectivity index (χ0v) is 7.79. The molecule has 2 rings (SSSR count). The van der Waals surface area contributed by atoms with Crippen LogP contribution < -0.4 is 0 Å². The second-order valence-corrected chi connectivity index (χ2v) is 5.07. The van der Waals surface area contributed by atoms with Gasteiger partial charge in [-0.3, -0.25) is 4.55 Å². The Morgan fingerprint density at radius 3 is 2.08 bits per heavy atom. The molecule has 0 aromatic heterocycles. The molecule has 0 radical (unpaired) electrons. The average molecular weight is 198 g/mol. The molecule has 0 unspecified atom stereocenters. The van der Waals surface area contributed by atoms with Gasteiger partial charge in [0.25, 0.3) is 10.1 Å². The highest BCUT2D eigenvalue weighted by Gasteiger charge is 2.55. The van der Waals surface area contributed by atoms with Crippen molar-refractivity contribution in [2.24, 2.45) is 0 Å². The van der Waals surface area contributed by atoms with Crippen molar-refractivity contribution in [3.63, 3.8) is 0 Å². The summed E-state index contributed by atoms with van der Waals surface area (Å²) in [6, 6.07) is 8.85. The van der Waals surface area contributed by atoms with Crippen molar-refractivity contribution in [3.8, 4) is 0 Å². The molecule has 70 valence electrons. The molecule has 0 bridgehead atoms. The van der Waals surface area contributed by atoms with Gasteiger partial charge in [0.15, 0.2) is 0 Å². The van der Waals surface area contributed by atoms with Crippen molar-refractivity contribution >= 4 is 10.1 Å². The third-order valence-electron chi connectivity index (χ3n) is 2.50. The van der Waals surface area contributed by atoms with E-state index < -0.39 is 14.9 Å². The minimum Gasteiger partial charge on any atom is -0.285 e. The van der Waals surface area contributed by atoms with E-state index in [1.807, 2.05) is 6.07 Å². The highest BCUT2D eigenvalue weighted by Crippen LogP contribution is 2.51. The van der Waals surface area contributed by atoms with Crippen molar-refractivity contribution < 1.29 is 13.0 Å². The van der Waals surface area contributed by atoms with Crippen LogP contribution in [0.15, 0.2) is 30.3 Å². The highest BCUT2D eigenvalue weighted by molar-refractivity contribution is 7.87. The van der Waals surface area contributed by atoms with Crippen LogP contribution in [0, 0.1) is 0 Å². The smallest absolute Gasteiger partial charge is 0.274 e. The fourth-order valence-corrected chi connectivity index (χ4v) is 2.60. The van der Waals surface area contributed by atoms with E-state index in [0.29, 0.717) is 18.4 Å². The molecule has 0 heterocycles. The van der Waals surface area contributed by atoms with E-state index in [9.17, 15) is 8.42 Å². The third kappa shape index (κ3) is 1.26. The lowest BCUT2D eigenvalue weighted by molar-refractivity contribution is 0.465. The quantitative estimate of drug-likeness (QED) is 0.734. The van der Waals surface area contributed by atoms with E-state index in [4.69, 9.17) is 4.55 Å². The molecular weight excluding hydrogens is 188 g/mol. The zero-order valence-electron chi connectivity index (χ0n) is 6.97. The molecule has 0 amide bonds. The Morgan fingerprint density at radius 1 is 1.15 bits per heavy atom. The number of rotatable bonds is 2. The van der Waals surface area contributed by atoms with E-state index >= 15 is 0 Å². The van der Waals surface area contributed by atoms with Crippen molar-refractivity contribution in [2.45, 2.75) is 17.6 Å². The lowest BCUT2D eigenvalue weighted by Crippen LogP contribution is -2.19. The van der Waals surface area contributed by atoms with Crippen molar-refractivity contribution in [1.82, 2.24) is 0 Å². The summed E-state index contributed by atoms with van der Waals surface area (Å²) in [5, 5.41) is 0. The Bertz CT molecular complexity index is 404. The second kappa shape index (κ2) is 2.56. The number of hydrogen-bond acceptors (Lipinski definition) is 2. The Hall–Kier alpha value is -0.870. The van der Waals surface area contributed by atoms with Crippen LogP contribution in [0.2, 0.25) is 0 Å². The van der Waals surface area contributed by atoms with Crippen LogP contribution in [0.3, 0.4) is 0 Å². The monoisotopic (exact) mass is 198 g/mol. The van der Waals surface area contributed by atoms with Gasteiger partial charge in [0, 0.05) is 0 Å². The van der Waals surface area contributed by atoms with Crippen LogP contribution in [0.1, 0.15) is 18.4 Å². The molecule has 1 aliphatic rings. The molecular formula is C9H10O3S. The maximum absolute atomic E-state index is 11.1. The van der Waals surface area contributed by atoms with E-state index in [0.717, 1.165) is 0 Å². The standard InChI is InChI=1S/C9H10O3S/c10-13(11,12)9(6-7-9)8-4-2-1-3-5-8/h1-5H,6-7H2,(H,10,11,12). The van der Waals surface area contributed by atoms with Crippen LogP contribution in [0.25, 0.3) is 0 Å². The lowest BCUT2D eigenvalue weighted by Gasteiger charge is -2.10. The summed E-state index contributed by atoms with van der Waals surface area (Å²) in [4.78, 5) is 0. The molecule has 1 fully saturated rings. The first-order valence-electron chi connectivity index (χ1n) is 4.09. The first-order chi connectivity index (χ1) is 6.06. The second-order valence-electron chi connectivity index (χ2n) is 3.34. The summed E-state index contributed by atoms with van der Waals surface area (Å²) in [7, 11) is -3.94. The minimum atomic E-state index is -3.94. The normalized spacial score (nSPS) is 19.8. The van der Waals surface area contributed by atoms with Gasteiger partial charge in [-0.05, 0) is 18.4 Å². The summed E-state index contributed by atoms with van der Waals surface area (Å²) >= 11 is 0. The fourth-order valence-electron chi connectivity index (χ4n) is 1.55. The summed E-state index contributed by atoms with van der Waals surface area (Å²) in [5.41, 5.74) is 0.692. The average Bonchev–Trinajstić information content (AvgIpc) is 2.84. The van der Waals surface area contributed by atoms with Gasteiger partial charge in [0.1, 0.15) is 4.75 Å².